The summed E-state index contributed by atoms with van der Waals surface area (Å²) in [5.74, 6) is -0.931. The Morgan fingerprint density at radius 2 is 1.56 bits per heavy atom. The van der Waals surface area contributed by atoms with Gasteiger partial charge in [0, 0.05) is 17.6 Å². The summed E-state index contributed by atoms with van der Waals surface area (Å²) in [4.78, 5) is 10.3. The summed E-state index contributed by atoms with van der Waals surface area (Å²) in [6.45, 7) is 13.2. The molecule has 0 radical (unpaired) electrons. The van der Waals surface area contributed by atoms with Gasteiger partial charge in [-0.25, -0.2) is 13.6 Å². The number of nitrogen functional groups attached to an aromatic ring is 1. The molecule has 0 aliphatic heterocycles. The van der Waals surface area contributed by atoms with E-state index in [1.807, 2.05) is 27.7 Å². The Kier molecular flexibility index (Phi) is 9.88. The van der Waals surface area contributed by atoms with Crippen molar-refractivity contribution in [3.63, 3.8) is 0 Å². The second-order valence-electron chi connectivity index (χ2n) is 9.53. The molecular weight excluding hydrogens is 410 g/mol. The first kappa shape index (κ1) is 28.1. The molecule has 0 amide bonds. The molecule has 3 fully saturated rings. The molecule has 1 aromatic carbocycles. The molecule has 4 nitrogen and oxygen atoms in total. The van der Waals surface area contributed by atoms with Gasteiger partial charge >= 0.3 is 5.97 Å². The minimum atomic E-state index is -2.12. The highest BCUT2D eigenvalue weighted by Crippen LogP contribution is 2.79. The third-order valence-electron chi connectivity index (χ3n) is 6.75. The summed E-state index contributed by atoms with van der Waals surface area (Å²) < 4.78 is 25.8. The second-order valence-corrected chi connectivity index (χ2v) is 9.53. The number of anilines is 1. The van der Waals surface area contributed by atoms with Crippen molar-refractivity contribution in [1.82, 2.24) is 0 Å². The van der Waals surface area contributed by atoms with Gasteiger partial charge in [0.1, 0.15) is 0 Å². The van der Waals surface area contributed by atoms with Crippen molar-refractivity contribution in [3.8, 4) is 0 Å². The van der Waals surface area contributed by atoms with E-state index in [0.29, 0.717) is 17.6 Å². The van der Waals surface area contributed by atoms with Gasteiger partial charge in [-0.15, -0.1) is 0 Å². The van der Waals surface area contributed by atoms with Crippen molar-refractivity contribution in [1.29, 1.82) is 0 Å². The smallest absolute Gasteiger partial charge is 0.335 e. The molecule has 0 unspecified atom stereocenters. The maximum Gasteiger partial charge on any atom is 0.335 e. The number of carbonyl (C=O) groups is 1. The molecule has 0 atom stereocenters. The van der Waals surface area contributed by atoms with Gasteiger partial charge in [0.05, 0.1) is 5.56 Å². The molecule has 5 N–H and O–H groups in total. The van der Waals surface area contributed by atoms with Crippen LogP contribution in [0.1, 0.15) is 90.4 Å². The minimum Gasteiger partial charge on any atom is -0.478 e. The van der Waals surface area contributed by atoms with Crippen LogP contribution in [0.25, 0.3) is 0 Å². The lowest BCUT2D eigenvalue weighted by Gasteiger charge is -2.72. The molecule has 4 aliphatic rings. The van der Waals surface area contributed by atoms with Crippen LogP contribution in [0.2, 0.25) is 0 Å². The topological polar surface area (TPSA) is 89.3 Å². The first-order valence-corrected chi connectivity index (χ1v) is 11.8. The lowest BCUT2D eigenvalue weighted by molar-refractivity contribution is -0.249. The number of benzene rings is 1. The molecule has 4 aliphatic carbocycles. The van der Waals surface area contributed by atoms with Crippen LogP contribution in [0.3, 0.4) is 0 Å². The molecule has 0 saturated heterocycles. The number of carboxylic acid groups (broad SMARTS) is 1. The highest BCUT2D eigenvalue weighted by molar-refractivity contribution is 5.87. The molecule has 182 valence electrons. The number of hydrogen-bond acceptors (Lipinski definition) is 3. The van der Waals surface area contributed by atoms with Crippen molar-refractivity contribution in [2.45, 2.75) is 86.5 Å². The maximum absolute atomic E-state index is 12.9. The highest BCUT2D eigenvalue weighted by atomic mass is 19.3. The zero-order valence-corrected chi connectivity index (χ0v) is 20.6. The Labute approximate surface area is 192 Å². The monoisotopic (exact) mass is 452 g/mol. The zero-order valence-electron chi connectivity index (χ0n) is 20.6. The van der Waals surface area contributed by atoms with E-state index in [9.17, 15) is 13.6 Å². The Balaban J connectivity index is 0.000000312. The molecule has 0 heterocycles. The normalized spacial score (nSPS) is 26.7. The first-order valence-electron chi connectivity index (χ1n) is 11.8. The summed E-state index contributed by atoms with van der Waals surface area (Å²) in [5.41, 5.74) is 14.8. The van der Waals surface area contributed by atoms with E-state index in [-0.39, 0.29) is 11.0 Å². The number of alkyl halides is 2. The number of carboxylic acids is 1. The van der Waals surface area contributed by atoms with Gasteiger partial charge in [0.25, 0.3) is 0 Å². The zero-order chi connectivity index (χ0) is 24.7. The average molecular weight is 453 g/mol. The van der Waals surface area contributed by atoms with Gasteiger partial charge in [0.15, 0.2) is 0 Å². The van der Waals surface area contributed by atoms with Gasteiger partial charge in [-0.3, -0.25) is 0 Å². The predicted octanol–water partition coefficient (Wildman–Crippen LogP) is 6.91. The number of hydrogen-bond donors (Lipinski definition) is 3. The van der Waals surface area contributed by atoms with Gasteiger partial charge in [-0.05, 0) is 73.6 Å². The number of rotatable bonds is 4. The lowest BCUT2D eigenvalue weighted by atomic mass is 9.32. The maximum atomic E-state index is 12.9. The van der Waals surface area contributed by atoms with E-state index in [1.165, 1.54) is 29.7 Å². The molecule has 1 aromatic rings. The van der Waals surface area contributed by atoms with Gasteiger partial charge in [0.2, 0.25) is 6.43 Å². The highest BCUT2D eigenvalue weighted by Gasteiger charge is 2.73. The van der Waals surface area contributed by atoms with Crippen LogP contribution in [0.15, 0.2) is 35.4 Å². The minimum absolute atomic E-state index is 0.141. The Morgan fingerprint density at radius 3 is 1.97 bits per heavy atom. The third-order valence-corrected chi connectivity index (χ3v) is 6.75. The second kappa shape index (κ2) is 11.3. The molecule has 0 spiro atoms. The average Bonchev–Trinajstić information content (AvgIpc) is 2.70. The van der Waals surface area contributed by atoms with Crippen LogP contribution in [0, 0.1) is 16.2 Å². The largest absolute Gasteiger partial charge is 0.478 e. The van der Waals surface area contributed by atoms with Gasteiger partial charge < -0.3 is 16.6 Å². The number of aromatic carboxylic acids is 1. The van der Waals surface area contributed by atoms with E-state index >= 15 is 0 Å². The molecule has 2 bridgehead atoms. The number of nitrogens with two attached hydrogens (primary N) is 2. The van der Waals surface area contributed by atoms with Crippen LogP contribution in [0.5, 0.6) is 0 Å². The quantitative estimate of drug-likeness (QED) is 0.342. The van der Waals surface area contributed by atoms with Crippen LogP contribution < -0.4 is 11.5 Å². The summed E-state index contributed by atoms with van der Waals surface area (Å²) >= 11 is 0. The molecule has 3 saturated carbocycles. The molecule has 5 rings (SSSR count). The number of halogens is 2. The SMILES string of the molecule is CC.CC.CC1(C)CCC(C23CC(C(F)F)(C2)C3)=C(CN)C1.Nc1ccc(C(=O)O)cc1. The first-order chi connectivity index (χ1) is 15.0. The lowest BCUT2D eigenvalue weighted by Crippen LogP contribution is -2.66. The fourth-order valence-electron chi connectivity index (χ4n) is 5.29. The van der Waals surface area contributed by atoms with Crippen LogP contribution in [-0.2, 0) is 0 Å². The number of allylic oxidation sites excluding steroid dienone is 1. The summed E-state index contributed by atoms with van der Waals surface area (Å²) in [6, 6.07) is 6.06. The van der Waals surface area contributed by atoms with Crippen molar-refractivity contribution in [2.24, 2.45) is 22.0 Å². The van der Waals surface area contributed by atoms with Crippen molar-refractivity contribution in [3.05, 3.63) is 41.0 Å². The van der Waals surface area contributed by atoms with Crippen LogP contribution >= 0.6 is 0 Å². The van der Waals surface area contributed by atoms with Crippen molar-refractivity contribution in [2.75, 3.05) is 12.3 Å². The fraction of sp³-hybridized carbons (Fsp3) is 0.654. The van der Waals surface area contributed by atoms with E-state index in [4.69, 9.17) is 16.6 Å². The van der Waals surface area contributed by atoms with Gasteiger partial charge in [-0.1, -0.05) is 52.7 Å². The summed E-state index contributed by atoms with van der Waals surface area (Å²) in [5, 5.41) is 8.43. The van der Waals surface area contributed by atoms with Crippen molar-refractivity contribution >= 4 is 11.7 Å². The molecule has 32 heavy (non-hydrogen) atoms. The Bertz CT molecular complexity index is 766. The Hall–Kier alpha value is -1.95. The van der Waals surface area contributed by atoms with Crippen molar-refractivity contribution < 1.29 is 18.7 Å². The fourth-order valence-corrected chi connectivity index (χ4v) is 5.29. The van der Waals surface area contributed by atoms with E-state index in [1.54, 1.807) is 12.1 Å². The molecular formula is C26H42F2N2O2. The van der Waals surface area contributed by atoms with Gasteiger partial charge in [-0.2, -0.15) is 0 Å². The predicted molar refractivity (Wildman–Crippen MR) is 129 cm³/mol. The van der Waals surface area contributed by atoms with E-state index < -0.39 is 17.8 Å². The molecule has 0 aromatic heterocycles. The van der Waals surface area contributed by atoms with Crippen LogP contribution in [-0.4, -0.2) is 24.0 Å². The van der Waals surface area contributed by atoms with E-state index in [0.717, 1.165) is 32.1 Å². The third kappa shape index (κ3) is 5.89. The molecule has 6 heteroatoms. The Morgan fingerprint density at radius 1 is 1.06 bits per heavy atom. The summed E-state index contributed by atoms with van der Waals surface area (Å²) in [7, 11) is 0. The van der Waals surface area contributed by atoms with E-state index in [2.05, 4.69) is 13.8 Å². The summed E-state index contributed by atoms with van der Waals surface area (Å²) in [6.07, 6.45) is 3.35. The standard InChI is InChI=1S/C15H23F2N.C7H7NO2.2C2H6/c1-13(2)4-3-11(10(5-13)6-18)14-7-15(8-14,9-14)12(16)17;8-6-3-1-5(2-4-6)7(9)10;2*1-2/h12H,3-9,18H2,1-2H3;1-4H,8H2,(H,9,10);2*1-2H3. The van der Waals surface area contributed by atoms with Crippen LogP contribution in [0.4, 0.5) is 14.5 Å².